The Bertz CT molecular complexity index is 327. The van der Waals surface area contributed by atoms with E-state index in [2.05, 4.69) is 31.1 Å². The zero-order chi connectivity index (χ0) is 14.7. The molecule has 0 aromatic heterocycles. The molecule has 3 atom stereocenters. The summed E-state index contributed by atoms with van der Waals surface area (Å²) in [6, 6.07) is 0.670. The first kappa shape index (κ1) is 16.1. The highest BCUT2D eigenvalue weighted by Crippen LogP contribution is 2.43. The molecule has 1 aliphatic carbocycles. The maximum Gasteiger partial charge on any atom is 0.0783 e. The Balaban J connectivity index is 1.49. The molecule has 2 saturated heterocycles. The summed E-state index contributed by atoms with van der Waals surface area (Å²) < 4.78 is 11.9. The van der Waals surface area contributed by atoms with Crippen LogP contribution in [0.25, 0.3) is 0 Å². The third-order valence-corrected chi connectivity index (χ3v) is 6.94. The lowest BCUT2D eigenvalue weighted by atomic mass is 9.73. The minimum atomic E-state index is 0.218. The average Bonchev–Trinajstić information content (AvgIpc) is 2.89. The quantitative estimate of drug-likeness (QED) is 0.816. The Morgan fingerprint density at radius 1 is 1.43 bits per heavy atom. The minimum Gasteiger partial charge on any atom is -0.378 e. The average molecular weight is 314 g/mol. The van der Waals surface area contributed by atoms with Crippen LogP contribution >= 0.6 is 11.8 Å². The van der Waals surface area contributed by atoms with Gasteiger partial charge in [0.15, 0.2) is 0 Å². The summed E-state index contributed by atoms with van der Waals surface area (Å²) in [7, 11) is 2.15. The molecule has 21 heavy (non-hydrogen) atoms. The van der Waals surface area contributed by atoms with Crippen LogP contribution in [0.2, 0.25) is 0 Å². The monoisotopic (exact) mass is 313 g/mol. The molecule has 3 nitrogen and oxygen atoms in total. The van der Waals surface area contributed by atoms with E-state index in [1.807, 2.05) is 0 Å². The summed E-state index contributed by atoms with van der Waals surface area (Å²) in [5.74, 6) is 4.18. The fourth-order valence-electron chi connectivity index (χ4n) is 4.42. The van der Waals surface area contributed by atoms with Crippen LogP contribution in [-0.4, -0.2) is 49.5 Å². The zero-order valence-electron chi connectivity index (χ0n) is 13.6. The van der Waals surface area contributed by atoms with Crippen LogP contribution in [0, 0.1) is 11.8 Å². The lowest BCUT2D eigenvalue weighted by Crippen LogP contribution is -2.48. The van der Waals surface area contributed by atoms with Crippen molar-refractivity contribution in [3.8, 4) is 0 Å². The summed E-state index contributed by atoms with van der Waals surface area (Å²) in [6.45, 7) is 3.94. The van der Waals surface area contributed by atoms with Crippen molar-refractivity contribution < 1.29 is 9.47 Å². The van der Waals surface area contributed by atoms with Gasteiger partial charge in [0.05, 0.1) is 11.7 Å². The number of nitrogens with one attached hydrogen (secondary N) is 1. The summed E-state index contributed by atoms with van der Waals surface area (Å²) >= 11 is 2.07. The SMILES string of the molecule is CCOC1CC(CC(NC)C2CCOC3(CCSC3)C2)C1. The maximum absolute atomic E-state index is 6.18. The predicted molar refractivity (Wildman–Crippen MR) is 89.0 cm³/mol. The Morgan fingerprint density at radius 3 is 2.95 bits per heavy atom. The van der Waals surface area contributed by atoms with Crippen molar-refractivity contribution in [2.75, 3.05) is 31.8 Å². The molecule has 0 aromatic rings. The third-order valence-electron chi connectivity index (χ3n) is 5.72. The molecule has 0 aromatic carbocycles. The normalized spacial score (nSPS) is 41.1. The van der Waals surface area contributed by atoms with Gasteiger partial charge in [0.25, 0.3) is 0 Å². The van der Waals surface area contributed by atoms with Crippen molar-refractivity contribution in [2.45, 2.75) is 63.2 Å². The van der Waals surface area contributed by atoms with Crippen molar-refractivity contribution in [1.29, 1.82) is 0 Å². The second-order valence-corrected chi connectivity index (χ2v) is 8.24. The number of thioether (sulfide) groups is 1. The van der Waals surface area contributed by atoms with Gasteiger partial charge in [-0.2, -0.15) is 11.8 Å². The van der Waals surface area contributed by atoms with Gasteiger partial charge in [0, 0.05) is 25.0 Å². The van der Waals surface area contributed by atoms with Crippen molar-refractivity contribution in [3.63, 3.8) is 0 Å². The van der Waals surface area contributed by atoms with Gasteiger partial charge in [-0.3, -0.25) is 0 Å². The van der Waals surface area contributed by atoms with Crippen molar-refractivity contribution in [3.05, 3.63) is 0 Å². The van der Waals surface area contributed by atoms with Gasteiger partial charge in [0.1, 0.15) is 0 Å². The van der Waals surface area contributed by atoms with Crippen molar-refractivity contribution in [2.24, 2.45) is 11.8 Å². The van der Waals surface area contributed by atoms with Crippen LogP contribution in [0.3, 0.4) is 0 Å². The summed E-state index contributed by atoms with van der Waals surface area (Å²) in [5, 5.41) is 3.62. The second kappa shape index (κ2) is 7.20. The first-order chi connectivity index (χ1) is 10.2. The summed E-state index contributed by atoms with van der Waals surface area (Å²) in [4.78, 5) is 0. The van der Waals surface area contributed by atoms with E-state index in [1.165, 1.54) is 50.0 Å². The zero-order valence-corrected chi connectivity index (χ0v) is 14.4. The molecule has 122 valence electrons. The van der Waals surface area contributed by atoms with E-state index in [-0.39, 0.29) is 5.60 Å². The van der Waals surface area contributed by atoms with E-state index in [4.69, 9.17) is 9.47 Å². The highest BCUT2D eigenvalue weighted by atomic mass is 32.2. The van der Waals surface area contributed by atoms with Crippen LogP contribution < -0.4 is 5.32 Å². The highest BCUT2D eigenvalue weighted by molar-refractivity contribution is 7.99. The van der Waals surface area contributed by atoms with Gasteiger partial charge in [-0.25, -0.2) is 0 Å². The molecule has 0 amide bonds. The summed E-state index contributed by atoms with van der Waals surface area (Å²) in [5.41, 5.74) is 0.218. The Hall–Kier alpha value is 0.230. The molecule has 2 aliphatic heterocycles. The molecule has 1 spiro atoms. The van der Waals surface area contributed by atoms with Crippen LogP contribution in [0.1, 0.15) is 45.4 Å². The highest BCUT2D eigenvalue weighted by Gasteiger charge is 2.43. The smallest absolute Gasteiger partial charge is 0.0783 e. The van der Waals surface area contributed by atoms with E-state index >= 15 is 0 Å². The lowest BCUT2D eigenvalue weighted by Gasteiger charge is -2.43. The minimum absolute atomic E-state index is 0.218. The molecule has 1 N–H and O–H groups in total. The molecular formula is C17H31NO2S. The van der Waals surface area contributed by atoms with Crippen LogP contribution in [0.4, 0.5) is 0 Å². The molecule has 1 saturated carbocycles. The van der Waals surface area contributed by atoms with E-state index < -0.39 is 0 Å². The largest absolute Gasteiger partial charge is 0.378 e. The van der Waals surface area contributed by atoms with Gasteiger partial charge in [-0.1, -0.05) is 0 Å². The lowest BCUT2D eigenvalue weighted by molar-refractivity contribution is -0.0889. The number of rotatable bonds is 6. The number of hydrogen-bond donors (Lipinski definition) is 1. The maximum atomic E-state index is 6.18. The van der Waals surface area contributed by atoms with Gasteiger partial charge in [0.2, 0.25) is 0 Å². The molecule has 2 heterocycles. The Morgan fingerprint density at radius 2 is 2.29 bits per heavy atom. The fraction of sp³-hybridized carbons (Fsp3) is 1.00. The second-order valence-electron chi connectivity index (χ2n) is 7.13. The Labute approximate surface area is 133 Å². The first-order valence-corrected chi connectivity index (χ1v) is 9.90. The predicted octanol–water partition coefficient (Wildman–Crippen LogP) is 3.08. The van der Waals surface area contributed by atoms with Crippen LogP contribution in [0.5, 0.6) is 0 Å². The van der Waals surface area contributed by atoms with E-state index in [0.29, 0.717) is 12.1 Å². The van der Waals surface area contributed by atoms with Gasteiger partial charge in [-0.15, -0.1) is 0 Å². The Kier molecular flexibility index (Phi) is 5.52. The molecule has 0 bridgehead atoms. The summed E-state index contributed by atoms with van der Waals surface area (Å²) in [6.07, 6.45) is 8.19. The van der Waals surface area contributed by atoms with E-state index in [9.17, 15) is 0 Å². The molecule has 3 rings (SSSR count). The number of ether oxygens (including phenoxy) is 2. The van der Waals surface area contributed by atoms with Crippen LogP contribution in [0.15, 0.2) is 0 Å². The van der Waals surface area contributed by atoms with Gasteiger partial charge >= 0.3 is 0 Å². The third kappa shape index (κ3) is 3.77. The molecule has 3 fully saturated rings. The van der Waals surface area contributed by atoms with E-state index in [1.54, 1.807) is 0 Å². The molecule has 0 radical (unpaired) electrons. The molecule has 4 heteroatoms. The van der Waals surface area contributed by atoms with E-state index in [0.717, 1.165) is 25.0 Å². The standard InChI is InChI=1S/C17H31NO2S/c1-3-19-15-8-13(9-15)10-16(18-2)14-4-6-20-17(11-14)5-7-21-12-17/h13-16,18H,3-12H2,1-2H3. The molecular weight excluding hydrogens is 282 g/mol. The topological polar surface area (TPSA) is 30.5 Å². The molecule has 3 unspecified atom stereocenters. The van der Waals surface area contributed by atoms with Gasteiger partial charge < -0.3 is 14.8 Å². The van der Waals surface area contributed by atoms with Crippen LogP contribution in [-0.2, 0) is 9.47 Å². The van der Waals surface area contributed by atoms with Crippen molar-refractivity contribution >= 4 is 11.8 Å². The fourth-order valence-corrected chi connectivity index (χ4v) is 5.79. The first-order valence-electron chi connectivity index (χ1n) is 8.75. The van der Waals surface area contributed by atoms with Crippen molar-refractivity contribution in [1.82, 2.24) is 5.32 Å². The van der Waals surface area contributed by atoms with Gasteiger partial charge in [-0.05, 0) is 70.1 Å². The molecule has 3 aliphatic rings. The number of hydrogen-bond acceptors (Lipinski definition) is 4.